The van der Waals surface area contributed by atoms with Gasteiger partial charge in [0, 0.05) is 23.4 Å². The van der Waals surface area contributed by atoms with E-state index >= 15 is 0 Å². The molecule has 0 radical (unpaired) electrons. The first-order valence-electron chi connectivity index (χ1n) is 8.07. The van der Waals surface area contributed by atoms with Gasteiger partial charge in [-0.25, -0.2) is 0 Å². The average molecular weight is 379 g/mol. The van der Waals surface area contributed by atoms with Gasteiger partial charge in [-0.05, 0) is 29.8 Å². The fourth-order valence-corrected chi connectivity index (χ4v) is 3.19. The second kappa shape index (κ2) is 8.29. The fraction of sp³-hybridized carbons (Fsp3) is 0.316. The van der Waals surface area contributed by atoms with Gasteiger partial charge in [0.15, 0.2) is 0 Å². The zero-order valence-electron chi connectivity index (χ0n) is 14.8. The Morgan fingerprint density at radius 1 is 1.15 bits per heavy atom. The first-order chi connectivity index (χ1) is 12.0. The number of β-amino-alcohol motifs (C(OH)–C–C–N with tert-alkyl or cyclic N) is 1. The maximum atomic E-state index is 12.7. The minimum atomic E-state index is -0.816. The number of ether oxygens (including phenoxy) is 2. The van der Waals surface area contributed by atoms with Crippen molar-refractivity contribution >= 4 is 24.0 Å². The van der Waals surface area contributed by atoms with Gasteiger partial charge in [0.2, 0.25) is 5.91 Å². The number of amides is 1. The minimum Gasteiger partial charge on any atom is -0.496 e. The molecular weight excluding hydrogens is 356 g/mol. The van der Waals surface area contributed by atoms with E-state index in [0.717, 1.165) is 11.1 Å². The summed E-state index contributed by atoms with van der Waals surface area (Å²) in [5.74, 6) is 1.19. The molecule has 0 saturated heterocycles. The smallest absolute Gasteiger partial charge is 0.227 e. The number of hydrogen-bond acceptors (Lipinski definition) is 5. The van der Waals surface area contributed by atoms with Crippen LogP contribution in [0.25, 0.3) is 0 Å². The quantitative estimate of drug-likeness (QED) is 0.797. The zero-order chi connectivity index (χ0) is 18.0. The van der Waals surface area contributed by atoms with Crippen molar-refractivity contribution in [3.63, 3.8) is 0 Å². The molecule has 3 rings (SSSR count). The van der Waals surface area contributed by atoms with Crippen molar-refractivity contribution in [1.29, 1.82) is 0 Å². The Kier molecular flexibility index (Phi) is 6.34. The van der Waals surface area contributed by atoms with Crippen LogP contribution in [0.15, 0.2) is 36.4 Å². The van der Waals surface area contributed by atoms with Crippen molar-refractivity contribution in [3.8, 4) is 11.5 Å². The molecule has 0 fully saturated rings. The molecule has 0 aromatic heterocycles. The summed E-state index contributed by atoms with van der Waals surface area (Å²) in [5, 5.41) is 10.6. The van der Waals surface area contributed by atoms with Gasteiger partial charge in [-0.3, -0.25) is 4.79 Å². The first kappa shape index (κ1) is 19.9. The number of aliphatic hydroxyl groups is 1. The number of nitrogens with zero attached hydrogens (tertiary/aromatic N) is 1. The highest BCUT2D eigenvalue weighted by molar-refractivity contribution is 5.85. The number of nitrogens with two attached hydrogens (primary N) is 1. The van der Waals surface area contributed by atoms with Crippen LogP contribution < -0.4 is 15.2 Å². The molecule has 140 valence electrons. The monoisotopic (exact) mass is 378 g/mol. The van der Waals surface area contributed by atoms with Crippen LogP contribution in [0.5, 0.6) is 11.5 Å². The van der Waals surface area contributed by atoms with Gasteiger partial charge in [-0.2, -0.15) is 0 Å². The van der Waals surface area contributed by atoms with E-state index in [-0.39, 0.29) is 31.3 Å². The molecule has 0 aliphatic carbocycles. The van der Waals surface area contributed by atoms with E-state index in [1.807, 2.05) is 12.1 Å². The third-order valence-corrected chi connectivity index (χ3v) is 4.48. The topological polar surface area (TPSA) is 85.0 Å². The van der Waals surface area contributed by atoms with Crippen molar-refractivity contribution < 1.29 is 19.4 Å². The third kappa shape index (κ3) is 3.86. The molecule has 7 heteroatoms. The Morgan fingerprint density at radius 2 is 1.77 bits per heavy atom. The number of carbonyl (C=O) groups excluding carboxylic acids is 1. The number of methoxy groups -OCH3 is 2. The number of aliphatic hydroxyl groups excluding tert-OH is 1. The highest BCUT2D eigenvalue weighted by atomic mass is 35.5. The van der Waals surface area contributed by atoms with E-state index in [0.29, 0.717) is 29.3 Å². The van der Waals surface area contributed by atoms with Gasteiger partial charge in [0.05, 0.1) is 27.2 Å². The van der Waals surface area contributed by atoms with Crippen LogP contribution in [0.1, 0.15) is 22.8 Å². The Labute approximate surface area is 158 Å². The number of nitrogen functional groups attached to an aromatic ring is 1. The predicted octanol–water partition coefficient (Wildman–Crippen LogP) is 2.33. The van der Waals surface area contributed by atoms with E-state index < -0.39 is 6.10 Å². The molecule has 26 heavy (non-hydrogen) atoms. The zero-order valence-corrected chi connectivity index (χ0v) is 15.6. The summed E-state index contributed by atoms with van der Waals surface area (Å²) in [6.45, 7) is 0.602. The Balaban J connectivity index is 0.00000243. The van der Waals surface area contributed by atoms with E-state index in [1.54, 1.807) is 43.4 Å². The van der Waals surface area contributed by atoms with Gasteiger partial charge >= 0.3 is 0 Å². The Morgan fingerprint density at radius 3 is 2.38 bits per heavy atom. The van der Waals surface area contributed by atoms with Gasteiger partial charge in [0.1, 0.15) is 17.6 Å². The second-order valence-electron chi connectivity index (χ2n) is 6.07. The van der Waals surface area contributed by atoms with Crippen molar-refractivity contribution in [3.05, 3.63) is 53.1 Å². The maximum absolute atomic E-state index is 12.7. The van der Waals surface area contributed by atoms with Gasteiger partial charge in [-0.1, -0.05) is 12.1 Å². The molecule has 2 aromatic rings. The summed E-state index contributed by atoms with van der Waals surface area (Å²) >= 11 is 0. The molecule has 1 amide bonds. The molecule has 1 atom stereocenters. The van der Waals surface area contributed by atoms with Crippen LogP contribution in [0.4, 0.5) is 5.69 Å². The standard InChI is InChI=1S/C19H22N2O4.ClH/c1-24-16-7-8-17(25-2)19-14(16)10-21(11-15(19)22)18(23)9-12-3-5-13(20)6-4-12;/h3-8,15,22H,9-11,20H2,1-2H3;1H. The molecule has 1 aliphatic rings. The van der Waals surface area contributed by atoms with Crippen LogP contribution in [0.2, 0.25) is 0 Å². The number of anilines is 1. The molecule has 6 nitrogen and oxygen atoms in total. The largest absolute Gasteiger partial charge is 0.496 e. The fourth-order valence-electron chi connectivity index (χ4n) is 3.19. The average Bonchev–Trinajstić information content (AvgIpc) is 2.62. The molecule has 0 saturated carbocycles. The van der Waals surface area contributed by atoms with Crippen LogP contribution in [0, 0.1) is 0 Å². The predicted molar refractivity (Wildman–Crippen MR) is 102 cm³/mol. The number of rotatable bonds is 4. The molecule has 3 N–H and O–H groups in total. The lowest BCUT2D eigenvalue weighted by Crippen LogP contribution is -2.39. The molecule has 2 aromatic carbocycles. The summed E-state index contributed by atoms with van der Waals surface area (Å²) in [6, 6.07) is 10.8. The lowest BCUT2D eigenvalue weighted by molar-refractivity contribution is -0.133. The minimum absolute atomic E-state index is 0. The van der Waals surface area contributed by atoms with Crippen molar-refractivity contribution in [2.75, 3.05) is 26.5 Å². The lowest BCUT2D eigenvalue weighted by atomic mass is 9.94. The van der Waals surface area contributed by atoms with E-state index in [1.165, 1.54) is 0 Å². The van der Waals surface area contributed by atoms with Crippen LogP contribution in [0.3, 0.4) is 0 Å². The number of hydrogen-bond donors (Lipinski definition) is 2. The Bertz CT molecular complexity index is 780. The SMILES string of the molecule is COc1ccc(OC)c2c1CN(C(=O)Cc1ccc(N)cc1)CC2O.Cl. The summed E-state index contributed by atoms with van der Waals surface area (Å²) in [6.07, 6.45) is -0.557. The molecule has 1 heterocycles. The van der Waals surface area contributed by atoms with Gasteiger partial charge < -0.3 is 25.2 Å². The van der Waals surface area contributed by atoms with Crippen LogP contribution in [-0.4, -0.2) is 36.7 Å². The highest BCUT2D eigenvalue weighted by Crippen LogP contribution is 2.39. The number of carbonyl (C=O) groups is 1. The molecule has 1 unspecified atom stereocenters. The summed E-state index contributed by atoms with van der Waals surface area (Å²) < 4.78 is 10.8. The van der Waals surface area contributed by atoms with Gasteiger partial charge in [0.25, 0.3) is 0 Å². The van der Waals surface area contributed by atoms with Gasteiger partial charge in [-0.15, -0.1) is 12.4 Å². The van der Waals surface area contributed by atoms with E-state index in [9.17, 15) is 9.90 Å². The van der Waals surface area contributed by atoms with E-state index in [4.69, 9.17) is 15.2 Å². The normalized spacial score (nSPS) is 15.7. The highest BCUT2D eigenvalue weighted by Gasteiger charge is 2.31. The van der Waals surface area contributed by atoms with Crippen molar-refractivity contribution in [1.82, 2.24) is 4.90 Å². The first-order valence-corrected chi connectivity index (χ1v) is 8.07. The Hall–Kier alpha value is -2.44. The number of fused-ring (bicyclic) bond motifs is 1. The number of benzene rings is 2. The second-order valence-corrected chi connectivity index (χ2v) is 6.07. The number of halogens is 1. The molecular formula is C19H23ClN2O4. The summed E-state index contributed by atoms with van der Waals surface area (Å²) in [7, 11) is 3.14. The van der Waals surface area contributed by atoms with Crippen molar-refractivity contribution in [2.24, 2.45) is 0 Å². The van der Waals surface area contributed by atoms with Crippen molar-refractivity contribution in [2.45, 2.75) is 19.1 Å². The summed E-state index contributed by atoms with van der Waals surface area (Å²) in [5.41, 5.74) is 8.70. The third-order valence-electron chi connectivity index (χ3n) is 4.48. The maximum Gasteiger partial charge on any atom is 0.227 e. The lowest BCUT2D eigenvalue weighted by Gasteiger charge is -2.34. The van der Waals surface area contributed by atoms with E-state index in [2.05, 4.69) is 0 Å². The van der Waals surface area contributed by atoms with Crippen LogP contribution in [-0.2, 0) is 17.8 Å². The molecule has 0 spiro atoms. The summed E-state index contributed by atoms with van der Waals surface area (Å²) in [4.78, 5) is 14.3. The molecule has 1 aliphatic heterocycles. The van der Waals surface area contributed by atoms with Crippen LogP contribution >= 0.6 is 12.4 Å². The molecule has 0 bridgehead atoms.